The van der Waals surface area contributed by atoms with Crippen LogP contribution in [0, 0.1) is 6.92 Å². The Morgan fingerprint density at radius 1 is 1.11 bits per heavy atom. The summed E-state index contributed by atoms with van der Waals surface area (Å²) in [6.07, 6.45) is 1.43. The van der Waals surface area contributed by atoms with Crippen LogP contribution in [0.25, 0.3) is 11.4 Å². The fourth-order valence-corrected chi connectivity index (χ4v) is 4.18. The smallest absolute Gasteiger partial charge is 0.285 e. The number of hydrogen-bond acceptors (Lipinski definition) is 4. The van der Waals surface area contributed by atoms with E-state index in [9.17, 15) is 13.2 Å². The Bertz CT molecular complexity index is 1140. The highest BCUT2D eigenvalue weighted by molar-refractivity contribution is 7.90. The molecule has 9 heteroatoms. The van der Waals surface area contributed by atoms with Gasteiger partial charge in [0, 0.05) is 18.8 Å². The zero-order valence-corrected chi connectivity index (χ0v) is 16.7. The standard InChI is InChI=1S/C18H15Cl2N3O3S/c1-11-6-3-4-9-15(11)27(25,26)22-18(24)14-10-23(2)17(21-14)12-7-5-8-13(19)16(12)20/h3-10H,1-2H3,(H,22,24). The summed E-state index contributed by atoms with van der Waals surface area (Å²) in [6.45, 7) is 1.65. The Hall–Kier alpha value is -2.35. The van der Waals surface area contributed by atoms with Crippen LogP contribution in [0.1, 0.15) is 16.1 Å². The lowest BCUT2D eigenvalue weighted by Crippen LogP contribution is -2.31. The summed E-state index contributed by atoms with van der Waals surface area (Å²) >= 11 is 12.2. The molecule has 3 rings (SSSR count). The molecule has 0 bridgehead atoms. The summed E-state index contributed by atoms with van der Waals surface area (Å²) in [7, 11) is -2.34. The van der Waals surface area contributed by atoms with Crippen molar-refractivity contribution in [1.29, 1.82) is 0 Å². The molecule has 1 aromatic heterocycles. The second-order valence-corrected chi connectivity index (χ2v) is 8.30. The van der Waals surface area contributed by atoms with E-state index in [1.54, 1.807) is 54.9 Å². The van der Waals surface area contributed by atoms with Gasteiger partial charge in [0.05, 0.1) is 14.9 Å². The average Bonchev–Trinajstić information content (AvgIpc) is 2.99. The fourth-order valence-electron chi connectivity index (χ4n) is 2.59. The monoisotopic (exact) mass is 423 g/mol. The third kappa shape index (κ3) is 3.85. The van der Waals surface area contributed by atoms with Crippen molar-refractivity contribution in [3.8, 4) is 11.4 Å². The summed E-state index contributed by atoms with van der Waals surface area (Å²) in [5.41, 5.74) is 1.01. The van der Waals surface area contributed by atoms with Crippen LogP contribution in [0.2, 0.25) is 10.0 Å². The largest absolute Gasteiger partial charge is 0.333 e. The summed E-state index contributed by atoms with van der Waals surface area (Å²) < 4.78 is 28.6. The van der Waals surface area contributed by atoms with Crippen LogP contribution in [0.5, 0.6) is 0 Å². The summed E-state index contributed by atoms with van der Waals surface area (Å²) in [5.74, 6) is -0.445. The molecule has 0 saturated heterocycles. The SMILES string of the molecule is Cc1ccccc1S(=O)(=O)NC(=O)c1cn(C)c(-c2cccc(Cl)c2Cl)n1. The van der Waals surface area contributed by atoms with Crippen LogP contribution < -0.4 is 4.72 Å². The van der Waals surface area contributed by atoms with Gasteiger partial charge in [-0.25, -0.2) is 18.1 Å². The number of imidazole rings is 1. The maximum atomic E-state index is 12.5. The number of carbonyl (C=O) groups is 1. The lowest BCUT2D eigenvalue weighted by atomic mass is 10.2. The number of aryl methyl sites for hydroxylation is 2. The van der Waals surface area contributed by atoms with Gasteiger partial charge < -0.3 is 4.57 Å². The highest BCUT2D eigenvalue weighted by Gasteiger charge is 2.23. The Kier molecular flexibility index (Phi) is 5.28. The fraction of sp³-hybridized carbons (Fsp3) is 0.111. The van der Waals surface area contributed by atoms with Crippen molar-refractivity contribution in [2.45, 2.75) is 11.8 Å². The number of halogens is 2. The van der Waals surface area contributed by atoms with Crippen molar-refractivity contribution in [3.05, 3.63) is 70.0 Å². The zero-order valence-electron chi connectivity index (χ0n) is 14.4. The lowest BCUT2D eigenvalue weighted by molar-refractivity contribution is 0.0977. The van der Waals surface area contributed by atoms with E-state index in [0.29, 0.717) is 27.0 Å². The third-order valence-corrected chi connectivity index (χ3v) is 6.22. The molecule has 2 aromatic carbocycles. The minimum absolute atomic E-state index is 0.0346. The van der Waals surface area contributed by atoms with E-state index in [-0.39, 0.29) is 10.6 Å². The molecule has 1 N–H and O–H groups in total. The minimum Gasteiger partial charge on any atom is -0.333 e. The van der Waals surface area contributed by atoms with Crippen LogP contribution in [0.3, 0.4) is 0 Å². The molecule has 1 heterocycles. The minimum atomic E-state index is -4.02. The second-order valence-electron chi connectivity index (χ2n) is 5.86. The van der Waals surface area contributed by atoms with Crippen molar-refractivity contribution in [3.63, 3.8) is 0 Å². The van der Waals surface area contributed by atoms with Gasteiger partial charge in [0.2, 0.25) is 0 Å². The van der Waals surface area contributed by atoms with E-state index in [1.165, 1.54) is 12.3 Å². The van der Waals surface area contributed by atoms with Crippen LogP contribution in [0.15, 0.2) is 53.6 Å². The first-order valence-corrected chi connectivity index (χ1v) is 10.0. The molecule has 27 heavy (non-hydrogen) atoms. The number of aromatic nitrogens is 2. The summed E-state index contributed by atoms with van der Waals surface area (Å²) in [4.78, 5) is 16.7. The maximum absolute atomic E-state index is 12.5. The lowest BCUT2D eigenvalue weighted by Gasteiger charge is -2.07. The Morgan fingerprint density at radius 2 is 1.81 bits per heavy atom. The zero-order chi connectivity index (χ0) is 19.8. The van der Waals surface area contributed by atoms with Gasteiger partial charge in [-0.2, -0.15) is 0 Å². The number of sulfonamides is 1. The second kappa shape index (κ2) is 7.34. The van der Waals surface area contributed by atoms with Gasteiger partial charge in [-0.15, -0.1) is 0 Å². The van der Waals surface area contributed by atoms with Crippen LogP contribution in [-0.2, 0) is 17.1 Å². The molecule has 0 aliphatic rings. The number of benzene rings is 2. The quantitative estimate of drug-likeness (QED) is 0.691. The van der Waals surface area contributed by atoms with Gasteiger partial charge >= 0.3 is 0 Å². The summed E-state index contributed by atoms with van der Waals surface area (Å²) in [6, 6.07) is 11.4. The van der Waals surface area contributed by atoms with Crippen molar-refractivity contribution < 1.29 is 13.2 Å². The highest BCUT2D eigenvalue weighted by atomic mass is 35.5. The van der Waals surface area contributed by atoms with E-state index in [2.05, 4.69) is 4.98 Å². The Morgan fingerprint density at radius 3 is 2.52 bits per heavy atom. The Labute approximate surface area is 166 Å². The molecule has 3 aromatic rings. The van der Waals surface area contributed by atoms with Crippen molar-refractivity contribution >= 4 is 39.1 Å². The molecule has 0 aliphatic carbocycles. The molecule has 0 saturated carbocycles. The molecular formula is C18H15Cl2N3O3S. The third-order valence-electron chi connectivity index (χ3n) is 3.91. The molecule has 1 amide bonds. The van der Waals surface area contributed by atoms with Gasteiger partial charge in [0.25, 0.3) is 15.9 Å². The van der Waals surface area contributed by atoms with Crippen LogP contribution in [-0.4, -0.2) is 23.9 Å². The number of nitrogens with one attached hydrogen (secondary N) is 1. The normalized spacial score (nSPS) is 11.4. The maximum Gasteiger partial charge on any atom is 0.285 e. The topological polar surface area (TPSA) is 81.1 Å². The van der Waals surface area contributed by atoms with Gasteiger partial charge in [-0.3, -0.25) is 4.79 Å². The number of amides is 1. The molecule has 0 spiro atoms. The highest BCUT2D eigenvalue weighted by Crippen LogP contribution is 2.32. The first-order valence-electron chi connectivity index (χ1n) is 7.81. The average molecular weight is 424 g/mol. The molecule has 140 valence electrons. The van der Waals surface area contributed by atoms with Gasteiger partial charge in [0.1, 0.15) is 11.5 Å². The van der Waals surface area contributed by atoms with Crippen molar-refractivity contribution in [2.75, 3.05) is 0 Å². The number of carbonyl (C=O) groups excluding carboxylic acids is 1. The van der Waals surface area contributed by atoms with Crippen LogP contribution >= 0.6 is 23.2 Å². The predicted octanol–water partition coefficient (Wildman–Crippen LogP) is 3.82. The predicted molar refractivity (Wildman–Crippen MR) is 104 cm³/mol. The molecule has 0 fully saturated rings. The van der Waals surface area contributed by atoms with Gasteiger partial charge in [-0.1, -0.05) is 47.5 Å². The molecule has 0 radical (unpaired) electrons. The number of rotatable bonds is 4. The van der Waals surface area contributed by atoms with Crippen molar-refractivity contribution in [1.82, 2.24) is 14.3 Å². The van der Waals surface area contributed by atoms with Crippen LogP contribution in [0.4, 0.5) is 0 Å². The number of hydrogen-bond donors (Lipinski definition) is 1. The number of nitrogens with zero attached hydrogens (tertiary/aromatic N) is 2. The van der Waals surface area contributed by atoms with E-state index in [4.69, 9.17) is 23.2 Å². The molecule has 0 aliphatic heterocycles. The first kappa shape index (κ1) is 19.4. The van der Waals surface area contributed by atoms with E-state index in [0.717, 1.165) is 0 Å². The first-order chi connectivity index (χ1) is 12.7. The van der Waals surface area contributed by atoms with Gasteiger partial charge in [0.15, 0.2) is 0 Å². The summed E-state index contributed by atoms with van der Waals surface area (Å²) in [5, 5.41) is 0.651. The molecule has 0 unspecified atom stereocenters. The van der Waals surface area contributed by atoms with E-state index >= 15 is 0 Å². The van der Waals surface area contributed by atoms with Gasteiger partial charge in [-0.05, 0) is 30.7 Å². The van der Waals surface area contributed by atoms with E-state index in [1.807, 2.05) is 4.72 Å². The molecule has 6 nitrogen and oxygen atoms in total. The van der Waals surface area contributed by atoms with E-state index < -0.39 is 15.9 Å². The van der Waals surface area contributed by atoms with Crippen molar-refractivity contribution in [2.24, 2.45) is 7.05 Å². The molecule has 0 atom stereocenters. The Balaban J connectivity index is 1.93. The molecular weight excluding hydrogens is 409 g/mol.